The lowest BCUT2D eigenvalue weighted by atomic mass is 9.81. The van der Waals surface area contributed by atoms with E-state index in [0.29, 0.717) is 0 Å². The normalized spacial score (nSPS) is 23.7. The molecule has 1 saturated carbocycles. The molecular weight excluding hydrogens is 360 g/mol. The average Bonchev–Trinajstić information content (AvgIpc) is 2.80. The van der Waals surface area contributed by atoms with Crippen molar-refractivity contribution in [3.8, 4) is 11.5 Å². The molecule has 156 valence electrons. The van der Waals surface area contributed by atoms with E-state index in [1.807, 2.05) is 12.1 Å². The number of piperazine rings is 1. The van der Waals surface area contributed by atoms with Gasteiger partial charge in [0, 0.05) is 50.4 Å². The van der Waals surface area contributed by atoms with Crippen molar-refractivity contribution in [3.63, 3.8) is 0 Å². The molecule has 1 aliphatic carbocycles. The van der Waals surface area contributed by atoms with Gasteiger partial charge in [-0.1, -0.05) is 36.4 Å². The zero-order valence-corrected chi connectivity index (χ0v) is 17.8. The molecule has 0 amide bonds. The Labute approximate surface area is 175 Å². The van der Waals surface area contributed by atoms with Gasteiger partial charge in [-0.15, -0.1) is 0 Å². The first-order valence-corrected chi connectivity index (χ1v) is 11.0. The van der Waals surface area contributed by atoms with Gasteiger partial charge in [-0.25, -0.2) is 0 Å². The minimum Gasteiger partial charge on any atom is -0.497 e. The van der Waals surface area contributed by atoms with Crippen LogP contribution in [-0.4, -0.2) is 56.2 Å². The highest BCUT2D eigenvalue weighted by Gasteiger charge is 2.29. The van der Waals surface area contributed by atoms with E-state index in [2.05, 4.69) is 46.2 Å². The van der Waals surface area contributed by atoms with Gasteiger partial charge in [-0.05, 0) is 43.2 Å². The summed E-state index contributed by atoms with van der Waals surface area (Å²) in [6.07, 6.45) is 5.34. The number of rotatable bonds is 6. The molecule has 0 spiro atoms. The van der Waals surface area contributed by atoms with Crippen LogP contribution in [-0.2, 0) is 6.54 Å². The van der Waals surface area contributed by atoms with Crippen molar-refractivity contribution < 1.29 is 9.47 Å². The maximum atomic E-state index is 5.58. The summed E-state index contributed by atoms with van der Waals surface area (Å²) < 4.78 is 10.9. The Hall–Kier alpha value is -2.04. The van der Waals surface area contributed by atoms with E-state index >= 15 is 0 Å². The Balaban J connectivity index is 1.26. The highest BCUT2D eigenvalue weighted by Crippen LogP contribution is 2.35. The topological polar surface area (TPSA) is 24.9 Å². The second-order valence-corrected chi connectivity index (χ2v) is 8.41. The van der Waals surface area contributed by atoms with Crippen molar-refractivity contribution in [3.05, 3.63) is 59.7 Å². The lowest BCUT2D eigenvalue weighted by Gasteiger charge is -2.42. The van der Waals surface area contributed by atoms with Gasteiger partial charge in [0.25, 0.3) is 0 Å². The van der Waals surface area contributed by atoms with Gasteiger partial charge in [0.15, 0.2) is 0 Å². The third-order valence-corrected chi connectivity index (χ3v) is 6.78. The SMILES string of the molecule is COc1ccc(CN2CCN(C3CCC(c4ccccc4)CC3)CC2)c(OC)c1. The highest BCUT2D eigenvalue weighted by atomic mass is 16.5. The summed E-state index contributed by atoms with van der Waals surface area (Å²) in [6.45, 7) is 5.57. The summed E-state index contributed by atoms with van der Waals surface area (Å²) in [5.74, 6) is 2.53. The molecule has 0 N–H and O–H groups in total. The van der Waals surface area contributed by atoms with E-state index < -0.39 is 0 Å². The van der Waals surface area contributed by atoms with Crippen LogP contribution >= 0.6 is 0 Å². The first-order valence-electron chi connectivity index (χ1n) is 11.0. The summed E-state index contributed by atoms with van der Waals surface area (Å²) >= 11 is 0. The van der Waals surface area contributed by atoms with Crippen LogP contribution in [0.15, 0.2) is 48.5 Å². The lowest BCUT2D eigenvalue weighted by Crippen LogP contribution is -2.50. The molecule has 4 rings (SSSR count). The Bertz CT molecular complexity index is 764. The standard InChI is InChI=1S/C25H34N2O2/c1-28-24-13-10-22(25(18-24)29-2)19-26-14-16-27(17-15-26)23-11-8-21(9-12-23)20-6-4-3-5-7-20/h3-7,10,13,18,21,23H,8-9,11-12,14-17,19H2,1-2H3. The van der Waals surface area contributed by atoms with Crippen LogP contribution in [0.4, 0.5) is 0 Å². The first-order chi connectivity index (χ1) is 14.3. The number of hydrogen-bond acceptors (Lipinski definition) is 4. The molecule has 29 heavy (non-hydrogen) atoms. The van der Waals surface area contributed by atoms with Crippen molar-refractivity contribution in [2.75, 3.05) is 40.4 Å². The fraction of sp³-hybridized carbons (Fsp3) is 0.520. The van der Waals surface area contributed by atoms with Gasteiger partial charge in [0.05, 0.1) is 14.2 Å². The first kappa shape index (κ1) is 20.2. The van der Waals surface area contributed by atoms with Gasteiger partial charge < -0.3 is 9.47 Å². The number of methoxy groups -OCH3 is 2. The van der Waals surface area contributed by atoms with Crippen LogP contribution in [0, 0.1) is 0 Å². The van der Waals surface area contributed by atoms with E-state index in [4.69, 9.17) is 9.47 Å². The minimum atomic E-state index is 0.760. The molecule has 4 nitrogen and oxygen atoms in total. The molecular formula is C25H34N2O2. The molecule has 0 aromatic heterocycles. The van der Waals surface area contributed by atoms with E-state index in [1.165, 1.54) is 49.9 Å². The van der Waals surface area contributed by atoms with Crippen LogP contribution < -0.4 is 9.47 Å². The quantitative estimate of drug-likeness (QED) is 0.718. The van der Waals surface area contributed by atoms with Crippen molar-refractivity contribution in [2.24, 2.45) is 0 Å². The van der Waals surface area contributed by atoms with Gasteiger partial charge in [0.2, 0.25) is 0 Å². The fourth-order valence-corrected chi connectivity index (χ4v) is 5.01. The largest absolute Gasteiger partial charge is 0.497 e. The van der Waals surface area contributed by atoms with Crippen molar-refractivity contribution in [1.82, 2.24) is 9.80 Å². The summed E-state index contributed by atoms with van der Waals surface area (Å²) in [5.41, 5.74) is 2.77. The fourth-order valence-electron chi connectivity index (χ4n) is 5.01. The van der Waals surface area contributed by atoms with E-state index in [-0.39, 0.29) is 0 Å². The molecule has 0 radical (unpaired) electrons. The van der Waals surface area contributed by atoms with Crippen LogP contribution in [0.5, 0.6) is 11.5 Å². The van der Waals surface area contributed by atoms with Crippen LogP contribution in [0.1, 0.15) is 42.7 Å². The monoisotopic (exact) mass is 394 g/mol. The second kappa shape index (κ2) is 9.64. The lowest BCUT2D eigenvalue weighted by molar-refractivity contribution is 0.0723. The predicted molar refractivity (Wildman–Crippen MR) is 118 cm³/mol. The molecule has 1 heterocycles. The third-order valence-electron chi connectivity index (χ3n) is 6.78. The molecule has 2 aliphatic rings. The van der Waals surface area contributed by atoms with E-state index in [0.717, 1.165) is 43.1 Å². The third kappa shape index (κ3) is 4.93. The van der Waals surface area contributed by atoms with Crippen LogP contribution in [0.3, 0.4) is 0 Å². The smallest absolute Gasteiger partial charge is 0.127 e. The zero-order valence-electron chi connectivity index (χ0n) is 17.8. The summed E-state index contributed by atoms with van der Waals surface area (Å²) in [5, 5.41) is 0. The van der Waals surface area contributed by atoms with Crippen molar-refractivity contribution in [2.45, 2.75) is 44.2 Å². The van der Waals surface area contributed by atoms with E-state index in [9.17, 15) is 0 Å². The molecule has 4 heteroatoms. The maximum Gasteiger partial charge on any atom is 0.127 e. The molecule has 2 aromatic rings. The number of hydrogen-bond donors (Lipinski definition) is 0. The molecule has 2 aromatic carbocycles. The van der Waals surface area contributed by atoms with Gasteiger partial charge in [0.1, 0.15) is 11.5 Å². The molecule has 1 aliphatic heterocycles. The molecule has 2 fully saturated rings. The second-order valence-electron chi connectivity index (χ2n) is 8.41. The maximum absolute atomic E-state index is 5.58. The Morgan fingerprint density at radius 3 is 2.21 bits per heavy atom. The molecule has 0 atom stereocenters. The minimum absolute atomic E-state index is 0.760. The summed E-state index contributed by atoms with van der Waals surface area (Å²) in [7, 11) is 3.43. The van der Waals surface area contributed by atoms with Crippen LogP contribution in [0.25, 0.3) is 0 Å². The number of ether oxygens (including phenoxy) is 2. The number of nitrogens with zero attached hydrogens (tertiary/aromatic N) is 2. The van der Waals surface area contributed by atoms with E-state index in [1.54, 1.807) is 14.2 Å². The Morgan fingerprint density at radius 2 is 1.55 bits per heavy atom. The molecule has 0 unspecified atom stereocenters. The highest BCUT2D eigenvalue weighted by molar-refractivity contribution is 5.40. The average molecular weight is 395 g/mol. The Morgan fingerprint density at radius 1 is 0.828 bits per heavy atom. The number of benzene rings is 2. The molecule has 0 bridgehead atoms. The zero-order chi connectivity index (χ0) is 20.1. The van der Waals surface area contributed by atoms with Gasteiger partial charge in [-0.3, -0.25) is 9.80 Å². The summed E-state index contributed by atoms with van der Waals surface area (Å²) in [4.78, 5) is 5.29. The van der Waals surface area contributed by atoms with Crippen molar-refractivity contribution >= 4 is 0 Å². The summed E-state index contributed by atoms with van der Waals surface area (Å²) in [6, 6.07) is 18.0. The van der Waals surface area contributed by atoms with Gasteiger partial charge in [-0.2, -0.15) is 0 Å². The van der Waals surface area contributed by atoms with Crippen LogP contribution in [0.2, 0.25) is 0 Å². The molecule has 1 saturated heterocycles. The predicted octanol–water partition coefficient (Wildman–Crippen LogP) is 4.55. The van der Waals surface area contributed by atoms with Gasteiger partial charge >= 0.3 is 0 Å². The van der Waals surface area contributed by atoms with Crippen molar-refractivity contribution in [1.29, 1.82) is 0 Å². The Kier molecular flexibility index (Phi) is 6.73.